The molecule has 0 spiro atoms. The van der Waals surface area contributed by atoms with Crippen LogP contribution in [0.4, 0.5) is 0 Å². The molecule has 0 bridgehead atoms. The minimum Gasteiger partial charge on any atom is -0.338 e. The third-order valence-electron chi connectivity index (χ3n) is 3.00. The summed E-state index contributed by atoms with van der Waals surface area (Å²) in [7, 11) is 0. The van der Waals surface area contributed by atoms with E-state index in [1.807, 2.05) is 0 Å². The zero-order valence-electron chi connectivity index (χ0n) is 11.1. The Morgan fingerprint density at radius 1 is 1.50 bits per heavy atom. The van der Waals surface area contributed by atoms with Gasteiger partial charge in [-0.2, -0.15) is 4.98 Å². The molecule has 1 fully saturated rings. The lowest BCUT2D eigenvalue weighted by atomic mass is 10.1. The molecule has 104 valence electrons. The van der Waals surface area contributed by atoms with Gasteiger partial charge in [0, 0.05) is 19.0 Å². The van der Waals surface area contributed by atoms with Crippen molar-refractivity contribution in [1.82, 2.24) is 15.0 Å². The van der Waals surface area contributed by atoms with Gasteiger partial charge in [0.2, 0.25) is 5.89 Å². The van der Waals surface area contributed by atoms with E-state index in [9.17, 15) is 0 Å². The van der Waals surface area contributed by atoms with Crippen molar-refractivity contribution in [1.29, 1.82) is 0 Å². The number of halogens is 1. The average molecular weight is 275 g/mol. The van der Waals surface area contributed by atoms with E-state index in [0.717, 1.165) is 50.6 Å². The van der Waals surface area contributed by atoms with E-state index in [0.29, 0.717) is 12.0 Å². The van der Waals surface area contributed by atoms with E-state index in [1.54, 1.807) is 0 Å². The Labute approximate surface area is 115 Å². The molecule has 1 aromatic heterocycles. The van der Waals surface area contributed by atoms with Crippen LogP contribution in [-0.2, 0) is 13.0 Å². The van der Waals surface area contributed by atoms with Crippen LogP contribution < -0.4 is 5.73 Å². The Hall–Kier alpha value is -0.650. The fourth-order valence-corrected chi connectivity index (χ4v) is 2.23. The van der Waals surface area contributed by atoms with E-state index in [-0.39, 0.29) is 12.4 Å². The van der Waals surface area contributed by atoms with Crippen molar-refractivity contribution in [3.63, 3.8) is 0 Å². The van der Waals surface area contributed by atoms with Gasteiger partial charge in [-0.15, -0.1) is 12.4 Å². The molecule has 0 aromatic carbocycles. The third-order valence-corrected chi connectivity index (χ3v) is 3.00. The van der Waals surface area contributed by atoms with E-state index in [1.165, 1.54) is 0 Å². The summed E-state index contributed by atoms with van der Waals surface area (Å²) in [6, 6.07) is 0.293. The molecule has 0 saturated carbocycles. The highest BCUT2D eigenvalue weighted by Gasteiger charge is 2.19. The minimum absolute atomic E-state index is 0. The van der Waals surface area contributed by atoms with Crippen molar-refractivity contribution >= 4 is 12.4 Å². The Balaban J connectivity index is 0.00000162. The number of aromatic nitrogens is 2. The van der Waals surface area contributed by atoms with Crippen LogP contribution in [0.1, 0.15) is 38.4 Å². The molecule has 1 atom stereocenters. The highest BCUT2D eigenvalue weighted by Crippen LogP contribution is 2.12. The predicted molar refractivity (Wildman–Crippen MR) is 72.6 cm³/mol. The van der Waals surface area contributed by atoms with Gasteiger partial charge < -0.3 is 10.3 Å². The molecule has 2 rings (SSSR count). The van der Waals surface area contributed by atoms with E-state index < -0.39 is 0 Å². The summed E-state index contributed by atoms with van der Waals surface area (Å²) < 4.78 is 5.26. The molecule has 1 aliphatic rings. The highest BCUT2D eigenvalue weighted by molar-refractivity contribution is 5.85. The second kappa shape index (κ2) is 7.07. The zero-order valence-corrected chi connectivity index (χ0v) is 11.9. The molecule has 1 unspecified atom stereocenters. The van der Waals surface area contributed by atoms with Crippen molar-refractivity contribution in [3.8, 4) is 0 Å². The maximum atomic E-state index is 5.94. The molecule has 5 nitrogen and oxygen atoms in total. The number of rotatable bonds is 4. The minimum atomic E-state index is 0. The van der Waals surface area contributed by atoms with E-state index in [2.05, 4.69) is 28.9 Å². The smallest absolute Gasteiger partial charge is 0.240 e. The van der Waals surface area contributed by atoms with Gasteiger partial charge in [-0.25, -0.2) is 0 Å². The third kappa shape index (κ3) is 4.55. The molecule has 0 amide bonds. The monoisotopic (exact) mass is 274 g/mol. The van der Waals surface area contributed by atoms with Crippen molar-refractivity contribution in [3.05, 3.63) is 11.7 Å². The Kier molecular flexibility index (Phi) is 6.05. The van der Waals surface area contributed by atoms with Crippen molar-refractivity contribution in [2.24, 2.45) is 11.7 Å². The number of hydrogen-bond acceptors (Lipinski definition) is 5. The first-order valence-electron chi connectivity index (χ1n) is 6.43. The van der Waals surface area contributed by atoms with Crippen LogP contribution in [0.3, 0.4) is 0 Å². The molecule has 1 aliphatic heterocycles. The summed E-state index contributed by atoms with van der Waals surface area (Å²) in [5.74, 6) is 2.09. The quantitative estimate of drug-likeness (QED) is 0.903. The second-order valence-corrected chi connectivity index (χ2v) is 5.34. The molecule has 0 aliphatic carbocycles. The van der Waals surface area contributed by atoms with Gasteiger partial charge in [0.25, 0.3) is 0 Å². The summed E-state index contributed by atoms with van der Waals surface area (Å²) in [5.41, 5.74) is 5.94. The number of nitrogens with zero attached hydrogens (tertiary/aromatic N) is 3. The summed E-state index contributed by atoms with van der Waals surface area (Å²) in [5, 5.41) is 4.00. The number of nitrogens with two attached hydrogens (primary N) is 1. The largest absolute Gasteiger partial charge is 0.338 e. The van der Waals surface area contributed by atoms with Crippen molar-refractivity contribution in [2.75, 3.05) is 13.1 Å². The SMILES string of the molecule is CC(C)Cc1noc(CN2CCCC(N)C2)n1.Cl. The molecule has 6 heteroatoms. The Bertz CT molecular complexity index is 356. The van der Waals surface area contributed by atoms with Crippen molar-refractivity contribution < 1.29 is 4.52 Å². The van der Waals surface area contributed by atoms with Crippen LogP contribution in [-0.4, -0.2) is 34.2 Å². The van der Waals surface area contributed by atoms with Crippen LogP contribution in [0.25, 0.3) is 0 Å². The van der Waals surface area contributed by atoms with E-state index >= 15 is 0 Å². The lowest BCUT2D eigenvalue weighted by Gasteiger charge is -2.29. The predicted octanol–water partition coefficient (Wildman–Crippen LogP) is 1.61. The van der Waals surface area contributed by atoms with Crippen LogP contribution in [0.2, 0.25) is 0 Å². The lowest BCUT2D eigenvalue weighted by Crippen LogP contribution is -2.42. The number of hydrogen-bond donors (Lipinski definition) is 1. The van der Waals surface area contributed by atoms with Gasteiger partial charge in [-0.1, -0.05) is 19.0 Å². The van der Waals surface area contributed by atoms with Crippen LogP contribution in [0.15, 0.2) is 4.52 Å². The molecular weight excluding hydrogens is 252 g/mol. The Morgan fingerprint density at radius 3 is 2.94 bits per heavy atom. The molecule has 1 aromatic rings. The van der Waals surface area contributed by atoms with Gasteiger partial charge in [-0.05, 0) is 25.3 Å². The first-order chi connectivity index (χ1) is 8.13. The first-order valence-corrected chi connectivity index (χ1v) is 6.43. The standard InChI is InChI=1S/C12H22N4O.ClH/c1-9(2)6-11-14-12(17-15-11)8-16-5-3-4-10(13)7-16;/h9-10H,3-8,13H2,1-2H3;1H. The topological polar surface area (TPSA) is 68.2 Å². The molecule has 1 saturated heterocycles. The lowest BCUT2D eigenvalue weighted by molar-refractivity contribution is 0.178. The van der Waals surface area contributed by atoms with Gasteiger partial charge >= 0.3 is 0 Å². The first kappa shape index (κ1) is 15.4. The fourth-order valence-electron chi connectivity index (χ4n) is 2.23. The van der Waals surface area contributed by atoms with Gasteiger partial charge in [0.15, 0.2) is 5.82 Å². The summed E-state index contributed by atoms with van der Waals surface area (Å²) in [4.78, 5) is 6.70. The molecule has 2 heterocycles. The zero-order chi connectivity index (χ0) is 12.3. The average Bonchev–Trinajstić information content (AvgIpc) is 2.64. The normalized spacial score (nSPS) is 21.0. The summed E-state index contributed by atoms with van der Waals surface area (Å²) >= 11 is 0. The molecule has 2 N–H and O–H groups in total. The maximum Gasteiger partial charge on any atom is 0.240 e. The summed E-state index contributed by atoms with van der Waals surface area (Å²) in [6.45, 7) is 7.05. The fraction of sp³-hybridized carbons (Fsp3) is 0.833. The molecule has 18 heavy (non-hydrogen) atoms. The van der Waals surface area contributed by atoms with Gasteiger partial charge in [0.05, 0.1) is 6.54 Å². The maximum absolute atomic E-state index is 5.94. The van der Waals surface area contributed by atoms with Gasteiger partial charge in [0.1, 0.15) is 0 Å². The van der Waals surface area contributed by atoms with Crippen LogP contribution >= 0.6 is 12.4 Å². The van der Waals surface area contributed by atoms with Crippen LogP contribution in [0, 0.1) is 5.92 Å². The van der Waals surface area contributed by atoms with Gasteiger partial charge in [-0.3, -0.25) is 4.90 Å². The van der Waals surface area contributed by atoms with Crippen LogP contribution in [0.5, 0.6) is 0 Å². The molecular formula is C12H23ClN4O. The number of likely N-dealkylation sites (tertiary alicyclic amines) is 1. The van der Waals surface area contributed by atoms with Crippen molar-refractivity contribution in [2.45, 2.75) is 45.7 Å². The molecule has 0 radical (unpaired) electrons. The Morgan fingerprint density at radius 2 is 2.28 bits per heavy atom. The van der Waals surface area contributed by atoms with E-state index in [4.69, 9.17) is 10.3 Å². The second-order valence-electron chi connectivity index (χ2n) is 5.34. The highest BCUT2D eigenvalue weighted by atomic mass is 35.5. The number of piperidine rings is 1. The summed E-state index contributed by atoms with van der Waals surface area (Å²) in [6.07, 6.45) is 3.16.